The third-order valence-electron chi connectivity index (χ3n) is 4.51. The van der Waals surface area contributed by atoms with Gasteiger partial charge in [0, 0.05) is 18.1 Å². The van der Waals surface area contributed by atoms with Crippen molar-refractivity contribution in [3.63, 3.8) is 0 Å². The maximum absolute atomic E-state index is 11.5. The van der Waals surface area contributed by atoms with Gasteiger partial charge in [-0.25, -0.2) is 4.98 Å². The number of hydrogen-bond donors (Lipinski definition) is 0. The number of aromatic nitrogens is 1. The zero-order chi connectivity index (χ0) is 18.0. The fourth-order valence-electron chi connectivity index (χ4n) is 2.39. The number of hydrogen-bond acceptors (Lipinski definition) is 6. The van der Waals surface area contributed by atoms with Gasteiger partial charge in [-0.2, -0.15) is 5.26 Å². The van der Waals surface area contributed by atoms with Crippen molar-refractivity contribution < 1.29 is 18.8 Å². The Morgan fingerprint density at radius 1 is 1.33 bits per heavy atom. The molecule has 128 valence electrons. The number of esters is 1. The van der Waals surface area contributed by atoms with E-state index in [9.17, 15) is 10.1 Å². The molecular formula is C17H23BN2O4. The Morgan fingerprint density at radius 3 is 2.50 bits per heavy atom. The van der Waals surface area contributed by atoms with Gasteiger partial charge >= 0.3 is 13.1 Å². The third-order valence-corrected chi connectivity index (χ3v) is 4.51. The lowest BCUT2D eigenvalue weighted by Gasteiger charge is -2.32. The first-order chi connectivity index (χ1) is 11.2. The van der Waals surface area contributed by atoms with E-state index in [4.69, 9.17) is 14.0 Å². The van der Waals surface area contributed by atoms with E-state index in [0.717, 1.165) is 5.56 Å². The normalized spacial score (nSPS) is 18.2. The fraction of sp³-hybridized carbons (Fsp3) is 0.588. The van der Waals surface area contributed by atoms with Crippen molar-refractivity contribution in [2.45, 2.75) is 58.7 Å². The summed E-state index contributed by atoms with van der Waals surface area (Å²) in [5.41, 5.74) is 0.717. The summed E-state index contributed by atoms with van der Waals surface area (Å²) in [5, 5.41) is 9.32. The topological polar surface area (TPSA) is 81.4 Å². The highest BCUT2D eigenvalue weighted by molar-refractivity contribution is 6.62. The highest BCUT2D eigenvalue weighted by atomic mass is 16.7. The molecule has 24 heavy (non-hydrogen) atoms. The first-order valence-corrected chi connectivity index (χ1v) is 8.10. The predicted molar refractivity (Wildman–Crippen MR) is 89.6 cm³/mol. The third kappa shape index (κ3) is 3.77. The van der Waals surface area contributed by atoms with Crippen molar-refractivity contribution in [3.05, 3.63) is 23.5 Å². The van der Waals surface area contributed by atoms with Crippen LogP contribution in [0.1, 0.15) is 52.3 Å². The van der Waals surface area contributed by atoms with E-state index in [1.54, 1.807) is 13.1 Å². The Hall–Kier alpha value is -1.91. The molecule has 0 aliphatic carbocycles. The van der Waals surface area contributed by atoms with Crippen LogP contribution in [0.3, 0.4) is 0 Å². The minimum atomic E-state index is -0.653. The summed E-state index contributed by atoms with van der Waals surface area (Å²) in [6.45, 7) is 9.96. The van der Waals surface area contributed by atoms with Crippen molar-refractivity contribution in [2.24, 2.45) is 0 Å². The summed E-state index contributed by atoms with van der Waals surface area (Å²) in [4.78, 5) is 15.7. The van der Waals surface area contributed by atoms with E-state index in [2.05, 4.69) is 11.1 Å². The van der Waals surface area contributed by atoms with Gasteiger partial charge in [-0.3, -0.25) is 4.79 Å². The predicted octanol–water partition coefficient (Wildman–Crippen LogP) is 1.75. The molecule has 7 heteroatoms. The molecule has 0 saturated carbocycles. The van der Waals surface area contributed by atoms with E-state index in [1.807, 2.05) is 33.8 Å². The number of nitrogens with zero attached hydrogens (tertiary/aromatic N) is 2. The van der Waals surface area contributed by atoms with Gasteiger partial charge in [0.1, 0.15) is 11.8 Å². The zero-order valence-electron chi connectivity index (χ0n) is 14.9. The summed E-state index contributed by atoms with van der Waals surface area (Å²) < 4.78 is 16.9. The van der Waals surface area contributed by atoms with Gasteiger partial charge in [-0.15, -0.1) is 0 Å². The molecule has 2 heterocycles. The minimum Gasteiger partial charge on any atom is -0.466 e. The molecule has 0 radical (unpaired) electrons. The molecule has 1 aliphatic heterocycles. The molecule has 0 aromatic carbocycles. The Morgan fingerprint density at radius 2 is 1.96 bits per heavy atom. The van der Waals surface area contributed by atoms with Crippen molar-refractivity contribution in [1.82, 2.24) is 4.98 Å². The molecule has 0 amide bonds. The van der Waals surface area contributed by atoms with Gasteiger partial charge in [-0.05, 0) is 46.6 Å². The van der Waals surface area contributed by atoms with Crippen LogP contribution in [0.2, 0.25) is 0 Å². The molecule has 1 aliphatic rings. The highest BCUT2D eigenvalue weighted by Crippen LogP contribution is 2.36. The average Bonchev–Trinajstić information content (AvgIpc) is 2.73. The molecule has 0 N–H and O–H groups in total. The van der Waals surface area contributed by atoms with Gasteiger partial charge < -0.3 is 14.0 Å². The second-order valence-electron chi connectivity index (χ2n) is 6.79. The smallest absolute Gasteiger partial charge is 0.466 e. The van der Waals surface area contributed by atoms with Gasteiger partial charge in [0.2, 0.25) is 0 Å². The molecule has 0 atom stereocenters. The zero-order valence-corrected chi connectivity index (χ0v) is 14.9. The lowest BCUT2D eigenvalue weighted by molar-refractivity contribution is -0.143. The Bertz CT molecular complexity index is 651. The maximum atomic E-state index is 11.5. The van der Waals surface area contributed by atoms with Crippen LogP contribution in [0.5, 0.6) is 0 Å². The van der Waals surface area contributed by atoms with E-state index < -0.39 is 18.3 Å². The second kappa shape index (κ2) is 6.92. The number of aryl methyl sites for hydroxylation is 1. The molecule has 1 fully saturated rings. The Labute approximate surface area is 143 Å². The first kappa shape index (κ1) is 18.4. The monoisotopic (exact) mass is 330 g/mol. The second-order valence-corrected chi connectivity index (χ2v) is 6.79. The van der Waals surface area contributed by atoms with Crippen LogP contribution in [-0.4, -0.2) is 35.9 Å². The number of ether oxygens (including phenoxy) is 1. The van der Waals surface area contributed by atoms with Crippen LogP contribution in [-0.2, 0) is 25.3 Å². The molecule has 0 spiro atoms. The van der Waals surface area contributed by atoms with Crippen LogP contribution in [0.4, 0.5) is 0 Å². The number of pyridine rings is 1. The van der Waals surface area contributed by atoms with E-state index in [1.165, 1.54) is 0 Å². The Balaban J connectivity index is 2.22. The van der Waals surface area contributed by atoms with Gasteiger partial charge in [0.15, 0.2) is 0 Å². The number of carbonyl (C=O) groups is 1. The summed E-state index contributed by atoms with van der Waals surface area (Å²) in [6.07, 6.45) is 2.36. The lowest BCUT2D eigenvalue weighted by atomic mass is 9.77. The molecule has 0 bridgehead atoms. The lowest BCUT2D eigenvalue weighted by Crippen LogP contribution is -2.41. The van der Waals surface area contributed by atoms with Gasteiger partial charge in [0.05, 0.1) is 17.8 Å². The number of nitriles is 1. The minimum absolute atomic E-state index is 0.251. The number of rotatable bonds is 5. The fourth-order valence-corrected chi connectivity index (χ4v) is 2.39. The Kier molecular flexibility index (Phi) is 5.31. The molecule has 1 aromatic rings. The van der Waals surface area contributed by atoms with E-state index in [-0.39, 0.29) is 18.1 Å². The number of carbonyl (C=O) groups excluding carboxylic acids is 1. The molecule has 6 nitrogen and oxygen atoms in total. The summed E-state index contributed by atoms with van der Waals surface area (Å²) in [5.74, 6) is -0.251. The van der Waals surface area contributed by atoms with E-state index >= 15 is 0 Å². The van der Waals surface area contributed by atoms with Crippen LogP contribution < -0.4 is 5.46 Å². The van der Waals surface area contributed by atoms with Crippen LogP contribution in [0.15, 0.2) is 12.3 Å². The van der Waals surface area contributed by atoms with Crippen LogP contribution in [0.25, 0.3) is 0 Å². The van der Waals surface area contributed by atoms with Crippen molar-refractivity contribution in [1.29, 1.82) is 5.26 Å². The molecule has 1 aromatic heterocycles. The summed E-state index contributed by atoms with van der Waals surface area (Å²) >= 11 is 0. The summed E-state index contributed by atoms with van der Waals surface area (Å²) in [6, 6.07) is 3.90. The first-order valence-electron chi connectivity index (χ1n) is 8.10. The van der Waals surface area contributed by atoms with Crippen LogP contribution in [0, 0.1) is 11.3 Å². The van der Waals surface area contributed by atoms with Crippen LogP contribution >= 0.6 is 0 Å². The highest BCUT2D eigenvalue weighted by Gasteiger charge is 2.52. The van der Waals surface area contributed by atoms with Crippen molar-refractivity contribution in [2.75, 3.05) is 6.61 Å². The largest absolute Gasteiger partial charge is 0.497 e. The molecule has 1 saturated heterocycles. The van der Waals surface area contributed by atoms with Gasteiger partial charge in [0.25, 0.3) is 0 Å². The quantitative estimate of drug-likeness (QED) is 0.604. The molecule has 0 unspecified atom stereocenters. The molecule has 2 rings (SSSR count). The maximum Gasteiger partial charge on any atom is 0.497 e. The van der Waals surface area contributed by atoms with Gasteiger partial charge in [-0.1, -0.05) is 6.07 Å². The average molecular weight is 330 g/mol. The van der Waals surface area contributed by atoms with E-state index in [0.29, 0.717) is 18.5 Å². The summed E-state index contributed by atoms with van der Waals surface area (Å²) in [7, 11) is -0.653. The molecular weight excluding hydrogens is 307 g/mol. The van der Waals surface area contributed by atoms with Crippen molar-refractivity contribution in [3.8, 4) is 6.07 Å². The van der Waals surface area contributed by atoms with Crippen molar-refractivity contribution >= 4 is 18.6 Å². The standard InChI is InChI=1S/C17H23BN2O4/c1-6-22-15(21)8-7-12-9-13(14(10-19)20-11-12)18-23-16(2,3)17(4,5)24-18/h9,11H,6-8H2,1-5H3. The SMILES string of the molecule is CCOC(=O)CCc1cnc(C#N)c(B2OC(C)(C)C(C)(C)O2)c1.